The highest BCUT2D eigenvalue weighted by Crippen LogP contribution is 2.39. The summed E-state index contributed by atoms with van der Waals surface area (Å²) in [5, 5.41) is 3.48. The summed E-state index contributed by atoms with van der Waals surface area (Å²) in [5.41, 5.74) is 7.08. The fourth-order valence-electron chi connectivity index (χ4n) is 3.09. The molecule has 0 unspecified atom stereocenters. The molecule has 1 heterocycles. The van der Waals surface area contributed by atoms with Gasteiger partial charge in [0.2, 0.25) is 0 Å². The minimum Gasteiger partial charge on any atom is -0.452 e. The highest BCUT2D eigenvalue weighted by atomic mass is 35.5. The van der Waals surface area contributed by atoms with Crippen LogP contribution in [0.25, 0.3) is 0 Å². The van der Waals surface area contributed by atoms with Crippen molar-refractivity contribution >= 4 is 45.7 Å². The molecular weight excluding hydrogens is 388 g/mol. The maximum absolute atomic E-state index is 12.2. The highest BCUT2D eigenvalue weighted by molar-refractivity contribution is 7.17. The third-order valence-electron chi connectivity index (χ3n) is 4.41. The number of primary amides is 1. The van der Waals surface area contributed by atoms with Crippen LogP contribution in [0, 0.1) is 5.92 Å². The number of ether oxygens (including phenoxy) is 1. The van der Waals surface area contributed by atoms with Gasteiger partial charge in [-0.1, -0.05) is 24.6 Å². The predicted octanol–water partition coefficient (Wildman–Crippen LogP) is 3.42. The van der Waals surface area contributed by atoms with E-state index in [9.17, 15) is 14.4 Å². The Morgan fingerprint density at radius 2 is 2.15 bits per heavy atom. The molecule has 1 aromatic carbocycles. The third kappa shape index (κ3) is 4.48. The SMILES string of the molecule is C[C@H]1CCc2c(sc(NC(=O)COC(=O)c3cccc(Cl)c3)c2C(N)=O)C1. The number of anilines is 1. The Kier molecular flexibility index (Phi) is 5.82. The fraction of sp³-hybridized carbons (Fsp3) is 0.316. The largest absolute Gasteiger partial charge is 0.452 e. The van der Waals surface area contributed by atoms with Crippen LogP contribution >= 0.6 is 22.9 Å². The molecule has 3 N–H and O–H groups in total. The Bertz CT molecular complexity index is 909. The number of fused-ring (bicyclic) bond motifs is 1. The van der Waals surface area contributed by atoms with Crippen molar-refractivity contribution in [2.24, 2.45) is 11.7 Å². The minimum atomic E-state index is -0.651. The molecule has 0 saturated carbocycles. The van der Waals surface area contributed by atoms with Gasteiger partial charge < -0.3 is 15.8 Å². The van der Waals surface area contributed by atoms with Gasteiger partial charge in [0.05, 0.1) is 11.1 Å². The number of carbonyl (C=O) groups is 3. The van der Waals surface area contributed by atoms with Crippen molar-refractivity contribution in [3.63, 3.8) is 0 Å². The van der Waals surface area contributed by atoms with E-state index in [2.05, 4.69) is 12.2 Å². The second-order valence-electron chi connectivity index (χ2n) is 6.55. The first-order valence-electron chi connectivity index (χ1n) is 8.52. The summed E-state index contributed by atoms with van der Waals surface area (Å²) in [4.78, 5) is 37.2. The number of thiophene rings is 1. The van der Waals surface area contributed by atoms with Crippen LogP contribution in [0.1, 0.15) is 44.5 Å². The molecule has 0 bridgehead atoms. The van der Waals surface area contributed by atoms with Crippen molar-refractivity contribution < 1.29 is 19.1 Å². The number of halogens is 1. The summed E-state index contributed by atoms with van der Waals surface area (Å²) in [6.45, 7) is 1.68. The maximum atomic E-state index is 12.2. The molecule has 0 radical (unpaired) electrons. The molecule has 1 aliphatic carbocycles. The lowest BCUT2D eigenvalue weighted by atomic mass is 9.88. The van der Waals surface area contributed by atoms with Gasteiger partial charge >= 0.3 is 5.97 Å². The number of benzene rings is 1. The quantitative estimate of drug-likeness (QED) is 0.743. The molecule has 8 heteroatoms. The van der Waals surface area contributed by atoms with E-state index in [0.29, 0.717) is 21.5 Å². The number of nitrogens with one attached hydrogen (secondary N) is 1. The number of amides is 2. The Balaban J connectivity index is 1.67. The minimum absolute atomic E-state index is 0.258. The number of hydrogen-bond acceptors (Lipinski definition) is 5. The van der Waals surface area contributed by atoms with Gasteiger partial charge in [0, 0.05) is 9.90 Å². The summed E-state index contributed by atoms with van der Waals surface area (Å²) >= 11 is 7.20. The van der Waals surface area contributed by atoms with Crippen LogP contribution in [0.5, 0.6) is 0 Å². The second-order valence-corrected chi connectivity index (χ2v) is 8.10. The Morgan fingerprint density at radius 1 is 1.37 bits per heavy atom. The van der Waals surface area contributed by atoms with Crippen LogP contribution in [0.15, 0.2) is 24.3 Å². The lowest BCUT2D eigenvalue weighted by molar-refractivity contribution is -0.119. The van der Waals surface area contributed by atoms with Crippen LogP contribution in [0.2, 0.25) is 5.02 Å². The molecule has 0 fully saturated rings. The van der Waals surface area contributed by atoms with E-state index in [1.165, 1.54) is 17.4 Å². The molecule has 3 rings (SSSR count). The number of carbonyl (C=O) groups excluding carboxylic acids is 3. The van der Waals surface area contributed by atoms with Crippen molar-refractivity contribution in [1.29, 1.82) is 0 Å². The summed E-state index contributed by atoms with van der Waals surface area (Å²) in [7, 11) is 0. The summed E-state index contributed by atoms with van der Waals surface area (Å²) < 4.78 is 5.02. The van der Waals surface area contributed by atoms with Crippen molar-refractivity contribution in [3.8, 4) is 0 Å². The first kappa shape index (κ1) is 19.4. The molecule has 2 aromatic rings. The van der Waals surface area contributed by atoms with Crippen LogP contribution in [-0.4, -0.2) is 24.4 Å². The molecule has 1 aromatic heterocycles. The second kappa shape index (κ2) is 8.10. The van der Waals surface area contributed by atoms with Gasteiger partial charge in [-0.05, 0) is 48.9 Å². The van der Waals surface area contributed by atoms with E-state index < -0.39 is 24.4 Å². The molecule has 2 amide bonds. The Hall–Kier alpha value is -2.38. The average molecular weight is 407 g/mol. The van der Waals surface area contributed by atoms with Gasteiger partial charge in [-0.15, -0.1) is 11.3 Å². The fourth-order valence-corrected chi connectivity index (χ4v) is 4.71. The molecule has 142 valence electrons. The first-order chi connectivity index (χ1) is 12.8. The van der Waals surface area contributed by atoms with E-state index in [1.807, 2.05) is 0 Å². The molecule has 0 saturated heterocycles. The van der Waals surface area contributed by atoms with E-state index in [4.69, 9.17) is 22.1 Å². The van der Waals surface area contributed by atoms with Crippen LogP contribution in [0.3, 0.4) is 0 Å². The third-order valence-corrected chi connectivity index (χ3v) is 5.81. The van der Waals surface area contributed by atoms with Crippen LogP contribution in [-0.2, 0) is 22.4 Å². The van der Waals surface area contributed by atoms with Gasteiger partial charge in [-0.25, -0.2) is 4.79 Å². The van der Waals surface area contributed by atoms with Gasteiger partial charge in [0.1, 0.15) is 5.00 Å². The molecule has 0 spiro atoms. The standard InChI is InChI=1S/C19H19ClN2O4S/c1-10-5-6-13-14(7-10)27-18(16(13)17(21)24)22-15(23)9-26-19(25)11-3-2-4-12(20)8-11/h2-4,8,10H,5-7,9H2,1H3,(H2,21,24)(H,22,23)/t10-/m0/s1. The molecule has 1 aliphatic rings. The van der Waals surface area contributed by atoms with Crippen molar-refractivity contribution in [1.82, 2.24) is 0 Å². The van der Waals surface area contributed by atoms with E-state index in [0.717, 1.165) is 29.7 Å². The Labute approximate surface area is 165 Å². The number of rotatable bonds is 5. The number of nitrogens with two attached hydrogens (primary N) is 1. The molecular formula is C19H19ClN2O4S. The molecule has 27 heavy (non-hydrogen) atoms. The van der Waals surface area contributed by atoms with Gasteiger partial charge in [0.15, 0.2) is 6.61 Å². The van der Waals surface area contributed by atoms with Crippen LogP contribution < -0.4 is 11.1 Å². The van der Waals surface area contributed by atoms with Gasteiger partial charge in [0.25, 0.3) is 11.8 Å². The lowest BCUT2D eigenvalue weighted by Crippen LogP contribution is -2.23. The predicted molar refractivity (Wildman–Crippen MR) is 104 cm³/mol. The molecule has 6 nitrogen and oxygen atoms in total. The molecule has 1 atom stereocenters. The summed E-state index contributed by atoms with van der Waals surface area (Å²) in [6, 6.07) is 6.26. The Morgan fingerprint density at radius 3 is 2.85 bits per heavy atom. The van der Waals surface area contributed by atoms with E-state index >= 15 is 0 Å². The maximum Gasteiger partial charge on any atom is 0.338 e. The smallest absolute Gasteiger partial charge is 0.338 e. The average Bonchev–Trinajstić information content (AvgIpc) is 2.96. The topological polar surface area (TPSA) is 98.5 Å². The number of esters is 1. The number of hydrogen-bond donors (Lipinski definition) is 2. The highest BCUT2D eigenvalue weighted by Gasteiger charge is 2.27. The zero-order valence-electron chi connectivity index (χ0n) is 14.7. The monoisotopic (exact) mass is 406 g/mol. The van der Waals surface area contributed by atoms with Crippen molar-refractivity contribution in [2.75, 3.05) is 11.9 Å². The lowest BCUT2D eigenvalue weighted by Gasteiger charge is -2.18. The van der Waals surface area contributed by atoms with Gasteiger partial charge in [-0.2, -0.15) is 0 Å². The zero-order chi connectivity index (χ0) is 19.6. The first-order valence-corrected chi connectivity index (χ1v) is 9.71. The van der Waals surface area contributed by atoms with Crippen molar-refractivity contribution in [3.05, 3.63) is 50.9 Å². The zero-order valence-corrected chi connectivity index (χ0v) is 16.3. The normalized spacial score (nSPS) is 15.7. The summed E-state index contributed by atoms with van der Waals surface area (Å²) in [6.07, 6.45) is 2.61. The summed E-state index contributed by atoms with van der Waals surface area (Å²) in [5.74, 6) is -1.21. The van der Waals surface area contributed by atoms with E-state index in [-0.39, 0.29) is 5.56 Å². The van der Waals surface area contributed by atoms with Crippen LogP contribution in [0.4, 0.5) is 5.00 Å². The van der Waals surface area contributed by atoms with Crippen molar-refractivity contribution in [2.45, 2.75) is 26.2 Å². The van der Waals surface area contributed by atoms with E-state index in [1.54, 1.807) is 18.2 Å². The molecule has 0 aliphatic heterocycles. The van der Waals surface area contributed by atoms with Gasteiger partial charge in [-0.3, -0.25) is 9.59 Å².